The summed E-state index contributed by atoms with van der Waals surface area (Å²) in [5.41, 5.74) is 0. The van der Waals surface area contributed by atoms with Crippen LogP contribution >= 0.6 is 21.6 Å². The molecule has 0 aromatic heterocycles. The summed E-state index contributed by atoms with van der Waals surface area (Å²) in [5, 5.41) is 17.6. The van der Waals surface area contributed by atoms with E-state index >= 15 is 0 Å². The lowest BCUT2D eigenvalue weighted by molar-refractivity contribution is -0.137. The zero-order chi connectivity index (χ0) is 18.2. The molecule has 0 fully saturated rings. The molecule has 6 heteroatoms. The number of aliphatic carboxylic acids is 2. The Morgan fingerprint density at radius 3 is 1.29 bits per heavy atom. The van der Waals surface area contributed by atoms with Gasteiger partial charge in [-0.15, -0.1) is 0 Å². The molecular formula is C18H34O4S2. The number of unbranched alkanes of at least 4 members (excludes halogenated alkanes) is 8. The summed E-state index contributed by atoms with van der Waals surface area (Å²) in [6.07, 6.45) is 12.2. The monoisotopic (exact) mass is 378 g/mol. The van der Waals surface area contributed by atoms with Gasteiger partial charge in [0.05, 0.1) is 0 Å². The molecule has 24 heavy (non-hydrogen) atoms. The summed E-state index contributed by atoms with van der Waals surface area (Å²) in [6.45, 7) is 4.31. The Labute approximate surface area is 155 Å². The van der Waals surface area contributed by atoms with E-state index in [1.165, 1.54) is 47.3 Å². The lowest BCUT2D eigenvalue weighted by atomic mass is 10.1. The van der Waals surface area contributed by atoms with Crippen LogP contribution in [-0.2, 0) is 9.59 Å². The maximum Gasteiger partial charge on any atom is 0.317 e. The number of carboxylic acids is 2. The lowest BCUT2D eigenvalue weighted by Gasteiger charge is -2.15. The molecule has 0 aliphatic heterocycles. The molecular weight excluding hydrogens is 344 g/mol. The van der Waals surface area contributed by atoms with Gasteiger partial charge in [0.15, 0.2) is 0 Å². The van der Waals surface area contributed by atoms with Gasteiger partial charge in [-0.3, -0.25) is 9.59 Å². The van der Waals surface area contributed by atoms with Gasteiger partial charge in [-0.25, -0.2) is 0 Å². The Balaban J connectivity index is 4.10. The highest BCUT2D eigenvalue weighted by molar-refractivity contribution is 8.77. The van der Waals surface area contributed by atoms with Crippen LogP contribution in [0.15, 0.2) is 0 Å². The summed E-state index contributed by atoms with van der Waals surface area (Å²) < 4.78 is 0. The van der Waals surface area contributed by atoms with Gasteiger partial charge in [-0.2, -0.15) is 0 Å². The van der Waals surface area contributed by atoms with Crippen LogP contribution in [-0.4, -0.2) is 32.7 Å². The molecule has 0 aliphatic rings. The van der Waals surface area contributed by atoms with Crippen LogP contribution in [0.2, 0.25) is 0 Å². The van der Waals surface area contributed by atoms with E-state index in [9.17, 15) is 19.8 Å². The molecule has 0 amide bonds. The second kappa shape index (κ2) is 16.1. The first-order chi connectivity index (χ1) is 11.5. The van der Waals surface area contributed by atoms with Crippen molar-refractivity contribution in [3.8, 4) is 0 Å². The van der Waals surface area contributed by atoms with Crippen molar-refractivity contribution < 1.29 is 19.8 Å². The van der Waals surface area contributed by atoms with Crippen LogP contribution in [0.5, 0.6) is 0 Å². The van der Waals surface area contributed by atoms with Crippen molar-refractivity contribution in [2.45, 2.75) is 101 Å². The van der Waals surface area contributed by atoms with Crippen LogP contribution in [0.4, 0.5) is 0 Å². The molecule has 4 nitrogen and oxygen atoms in total. The third-order valence-corrected chi connectivity index (χ3v) is 7.16. The molecule has 0 spiro atoms. The minimum absolute atomic E-state index is 0.501. The fourth-order valence-corrected chi connectivity index (χ4v) is 5.26. The van der Waals surface area contributed by atoms with E-state index in [4.69, 9.17) is 0 Å². The van der Waals surface area contributed by atoms with Crippen molar-refractivity contribution >= 4 is 33.5 Å². The number of rotatable bonds is 17. The Morgan fingerprint density at radius 1 is 0.667 bits per heavy atom. The van der Waals surface area contributed by atoms with Gasteiger partial charge >= 0.3 is 11.9 Å². The Bertz CT molecular complexity index is 305. The van der Waals surface area contributed by atoms with E-state index in [0.717, 1.165) is 38.5 Å². The maximum absolute atomic E-state index is 11.4. The molecule has 0 aliphatic carbocycles. The van der Waals surface area contributed by atoms with Gasteiger partial charge in [0.25, 0.3) is 0 Å². The Hall–Kier alpha value is -0.360. The smallest absolute Gasteiger partial charge is 0.317 e. The van der Waals surface area contributed by atoms with Gasteiger partial charge in [-0.1, -0.05) is 99.6 Å². The van der Waals surface area contributed by atoms with Crippen LogP contribution < -0.4 is 0 Å². The number of carboxylic acid groups (broad SMARTS) is 2. The van der Waals surface area contributed by atoms with Crippen molar-refractivity contribution in [3.05, 3.63) is 0 Å². The third kappa shape index (κ3) is 13.0. The lowest BCUT2D eigenvalue weighted by Crippen LogP contribution is -2.19. The standard InChI is InChI=1S/C18H34O4S2/c1-3-5-7-9-11-13-15(17(19)20)23-24-16(18(21)22)14-12-10-8-6-4-2/h15-16H,3-14H2,1-2H3,(H,19,20)(H,21,22). The molecule has 0 aromatic carbocycles. The van der Waals surface area contributed by atoms with Crippen LogP contribution in [0.1, 0.15) is 90.9 Å². The molecule has 2 atom stereocenters. The summed E-state index contributed by atoms with van der Waals surface area (Å²) in [4.78, 5) is 22.7. The van der Waals surface area contributed by atoms with E-state index < -0.39 is 22.4 Å². The highest BCUT2D eigenvalue weighted by Crippen LogP contribution is 2.36. The fourth-order valence-electron chi connectivity index (χ4n) is 2.43. The molecule has 0 heterocycles. The zero-order valence-corrected chi connectivity index (χ0v) is 16.8. The van der Waals surface area contributed by atoms with Gasteiger partial charge in [0.2, 0.25) is 0 Å². The number of hydrogen-bond acceptors (Lipinski definition) is 4. The normalized spacial score (nSPS) is 13.6. The van der Waals surface area contributed by atoms with E-state index in [1.807, 2.05) is 0 Å². The van der Waals surface area contributed by atoms with Crippen molar-refractivity contribution in [1.29, 1.82) is 0 Å². The first-order valence-corrected chi connectivity index (χ1v) is 11.6. The van der Waals surface area contributed by atoms with Crippen LogP contribution in [0.25, 0.3) is 0 Å². The van der Waals surface area contributed by atoms with Crippen LogP contribution in [0.3, 0.4) is 0 Å². The minimum atomic E-state index is -0.824. The zero-order valence-electron chi connectivity index (χ0n) is 15.2. The largest absolute Gasteiger partial charge is 0.480 e. The van der Waals surface area contributed by atoms with Gasteiger partial charge in [0, 0.05) is 0 Å². The van der Waals surface area contributed by atoms with E-state index in [-0.39, 0.29) is 0 Å². The predicted molar refractivity (Wildman–Crippen MR) is 105 cm³/mol. The first kappa shape index (κ1) is 23.6. The summed E-state index contributed by atoms with van der Waals surface area (Å²) >= 11 is 0. The fraction of sp³-hybridized carbons (Fsp3) is 0.889. The molecule has 0 radical (unpaired) electrons. The second-order valence-corrected chi connectivity index (χ2v) is 8.93. The molecule has 0 rings (SSSR count). The Kier molecular flexibility index (Phi) is 15.9. The number of carbonyl (C=O) groups is 2. The average Bonchev–Trinajstić information content (AvgIpc) is 2.54. The molecule has 0 saturated heterocycles. The van der Waals surface area contributed by atoms with Gasteiger partial charge in [0.1, 0.15) is 10.5 Å². The highest BCUT2D eigenvalue weighted by atomic mass is 33.1. The highest BCUT2D eigenvalue weighted by Gasteiger charge is 2.24. The van der Waals surface area contributed by atoms with Crippen LogP contribution in [0, 0.1) is 0 Å². The summed E-state index contributed by atoms with van der Waals surface area (Å²) in [7, 11) is 2.47. The number of hydrogen-bond donors (Lipinski definition) is 2. The molecule has 0 bridgehead atoms. The molecule has 2 unspecified atom stereocenters. The maximum atomic E-state index is 11.4. The summed E-state index contributed by atoms with van der Waals surface area (Å²) in [5.74, 6) is -1.65. The molecule has 0 saturated carbocycles. The van der Waals surface area contributed by atoms with Crippen molar-refractivity contribution in [3.63, 3.8) is 0 Å². The van der Waals surface area contributed by atoms with Crippen molar-refractivity contribution in [1.82, 2.24) is 0 Å². The average molecular weight is 379 g/mol. The van der Waals surface area contributed by atoms with Gasteiger partial charge in [-0.05, 0) is 12.8 Å². The molecule has 142 valence electrons. The van der Waals surface area contributed by atoms with E-state index in [0.29, 0.717) is 12.8 Å². The van der Waals surface area contributed by atoms with Gasteiger partial charge < -0.3 is 10.2 Å². The van der Waals surface area contributed by atoms with Crippen molar-refractivity contribution in [2.75, 3.05) is 0 Å². The summed E-state index contributed by atoms with van der Waals surface area (Å²) in [6, 6.07) is 0. The predicted octanol–water partition coefficient (Wildman–Crippen LogP) is 6.00. The minimum Gasteiger partial charge on any atom is -0.480 e. The van der Waals surface area contributed by atoms with E-state index in [2.05, 4.69) is 13.8 Å². The SMILES string of the molecule is CCCCCCCC(SSC(CCCCCCC)C(=O)O)C(=O)O. The first-order valence-electron chi connectivity index (χ1n) is 9.30. The second-order valence-electron chi connectivity index (χ2n) is 6.25. The topological polar surface area (TPSA) is 74.6 Å². The molecule has 0 aromatic rings. The molecule has 2 N–H and O–H groups in total. The third-order valence-electron chi connectivity index (χ3n) is 3.98. The van der Waals surface area contributed by atoms with Crippen molar-refractivity contribution in [2.24, 2.45) is 0 Å². The van der Waals surface area contributed by atoms with E-state index in [1.54, 1.807) is 0 Å². The quantitative estimate of drug-likeness (QED) is 0.239. The Morgan fingerprint density at radius 2 is 1.00 bits per heavy atom.